The van der Waals surface area contributed by atoms with Crippen LogP contribution in [0.4, 0.5) is 13.2 Å². The second kappa shape index (κ2) is 7.57. The molecule has 1 amide bonds. The molecule has 1 N–H and O–H groups in total. The van der Waals surface area contributed by atoms with Gasteiger partial charge >= 0.3 is 6.18 Å². The molecular formula is C17H15ClF3NO2. The van der Waals surface area contributed by atoms with E-state index in [0.717, 1.165) is 12.1 Å². The molecule has 1 unspecified atom stereocenters. The zero-order chi connectivity index (χ0) is 17.7. The van der Waals surface area contributed by atoms with Crippen molar-refractivity contribution in [3.8, 4) is 5.75 Å². The van der Waals surface area contributed by atoms with E-state index >= 15 is 0 Å². The molecule has 2 rings (SSSR count). The highest BCUT2D eigenvalue weighted by Crippen LogP contribution is 2.29. The van der Waals surface area contributed by atoms with E-state index in [1.165, 1.54) is 12.1 Å². The van der Waals surface area contributed by atoms with Crippen LogP contribution in [-0.2, 0) is 11.0 Å². The second-order valence-corrected chi connectivity index (χ2v) is 5.59. The molecule has 0 heterocycles. The van der Waals surface area contributed by atoms with Crippen LogP contribution >= 0.6 is 11.6 Å². The Morgan fingerprint density at radius 2 is 1.88 bits per heavy atom. The number of carbonyl (C=O) groups excluding carboxylic acids is 1. The first-order valence-electron chi connectivity index (χ1n) is 7.10. The summed E-state index contributed by atoms with van der Waals surface area (Å²) in [7, 11) is 0. The molecule has 0 radical (unpaired) electrons. The summed E-state index contributed by atoms with van der Waals surface area (Å²) in [5, 5.41) is 3.15. The van der Waals surface area contributed by atoms with Crippen LogP contribution in [0, 0.1) is 0 Å². The molecule has 2 aromatic carbocycles. The zero-order valence-corrected chi connectivity index (χ0v) is 13.5. The minimum Gasteiger partial charge on any atom is -0.484 e. The standard InChI is InChI=1S/C17H15ClF3NO2/c1-11(12-5-7-13(8-6-12)17(19,20)21)22-16(23)10-24-15-4-2-3-14(18)9-15/h2-9,11H,10H2,1H3,(H,22,23). The quantitative estimate of drug-likeness (QED) is 0.848. The molecule has 0 saturated carbocycles. The number of benzene rings is 2. The molecular weight excluding hydrogens is 343 g/mol. The van der Waals surface area contributed by atoms with Gasteiger partial charge in [-0.25, -0.2) is 0 Å². The molecule has 3 nitrogen and oxygen atoms in total. The Balaban J connectivity index is 1.89. The van der Waals surface area contributed by atoms with Gasteiger partial charge in [0.2, 0.25) is 0 Å². The lowest BCUT2D eigenvalue weighted by Crippen LogP contribution is -2.31. The van der Waals surface area contributed by atoms with E-state index in [-0.39, 0.29) is 12.5 Å². The number of hydrogen-bond donors (Lipinski definition) is 1. The molecule has 1 atom stereocenters. The highest BCUT2D eigenvalue weighted by atomic mass is 35.5. The van der Waals surface area contributed by atoms with Gasteiger partial charge in [0.15, 0.2) is 6.61 Å². The molecule has 24 heavy (non-hydrogen) atoms. The molecule has 0 bridgehead atoms. The van der Waals surface area contributed by atoms with Gasteiger partial charge in [0.05, 0.1) is 11.6 Å². The Morgan fingerprint density at radius 3 is 2.46 bits per heavy atom. The largest absolute Gasteiger partial charge is 0.484 e. The van der Waals surface area contributed by atoms with Gasteiger partial charge < -0.3 is 10.1 Å². The topological polar surface area (TPSA) is 38.3 Å². The van der Waals surface area contributed by atoms with Crippen molar-refractivity contribution < 1.29 is 22.7 Å². The van der Waals surface area contributed by atoms with Gasteiger partial charge in [-0.2, -0.15) is 13.2 Å². The van der Waals surface area contributed by atoms with Crippen molar-refractivity contribution in [3.05, 3.63) is 64.7 Å². The monoisotopic (exact) mass is 357 g/mol. The predicted octanol–water partition coefficient (Wildman–Crippen LogP) is 4.62. The lowest BCUT2D eigenvalue weighted by molar-refractivity contribution is -0.137. The Hall–Kier alpha value is -2.21. The van der Waals surface area contributed by atoms with Crippen LogP contribution in [0.1, 0.15) is 24.1 Å². The van der Waals surface area contributed by atoms with E-state index in [1.807, 2.05) is 0 Å². The van der Waals surface area contributed by atoms with E-state index in [2.05, 4.69) is 5.32 Å². The van der Waals surface area contributed by atoms with Gasteiger partial charge in [-0.05, 0) is 42.8 Å². The first-order chi connectivity index (χ1) is 11.3. The van der Waals surface area contributed by atoms with Crippen molar-refractivity contribution >= 4 is 17.5 Å². The number of hydrogen-bond acceptors (Lipinski definition) is 2. The van der Waals surface area contributed by atoms with Crippen molar-refractivity contribution in [2.75, 3.05) is 6.61 Å². The predicted molar refractivity (Wildman–Crippen MR) is 84.9 cm³/mol. The fourth-order valence-electron chi connectivity index (χ4n) is 2.03. The molecule has 0 aliphatic heterocycles. The van der Waals surface area contributed by atoms with Crippen molar-refractivity contribution in [2.24, 2.45) is 0 Å². The SMILES string of the molecule is CC(NC(=O)COc1cccc(Cl)c1)c1ccc(C(F)(F)F)cc1. The molecule has 2 aromatic rings. The third-order valence-electron chi connectivity index (χ3n) is 3.28. The maximum atomic E-state index is 12.5. The number of alkyl halides is 3. The number of rotatable bonds is 5. The first-order valence-corrected chi connectivity index (χ1v) is 7.48. The fraction of sp³-hybridized carbons (Fsp3) is 0.235. The molecule has 0 spiro atoms. The summed E-state index contributed by atoms with van der Waals surface area (Å²) in [6.45, 7) is 1.46. The maximum Gasteiger partial charge on any atom is 0.416 e. The van der Waals surface area contributed by atoms with E-state index < -0.39 is 17.8 Å². The Bertz CT molecular complexity index is 702. The van der Waals surface area contributed by atoms with Crippen LogP contribution in [0.15, 0.2) is 48.5 Å². The van der Waals surface area contributed by atoms with E-state index in [9.17, 15) is 18.0 Å². The van der Waals surface area contributed by atoms with Crippen molar-refractivity contribution in [2.45, 2.75) is 19.1 Å². The summed E-state index contributed by atoms with van der Waals surface area (Å²) >= 11 is 5.81. The van der Waals surface area contributed by atoms with Gasteiger partial charge in [-0.3, -0.25) is 4.79 Å². The first kappa shape index (κ1) is 18.1. The van der Waals surface area contributed by atoms with Crippen molar-refractivity contribution in [1.29, 1.82) is 0 Å². The highest BCUT2D eigenvalue weighted by Gasteiger charge is 2.30. The second-order valence-electron chi connectivity index (χ2n) is 5.16. The van der Waals surface area contributed by atoms with Crippen molar-refractivity contribution in [1.82, 2.24) is 5.32 Å². The summed E-state index contributed by atoms with van der Waals surface area (Å²) in [5.41, 5.74) is -0.159. The summed E-state index contributed by atoms with van der Waals surface area (Å²) in [6.07, 6.45) is -4.38. The average Bonchev–Trinajstić information content (AvgIpc) is 2.52. The number of amides is 1. The lowest BCUT2D eigenvalue weighted by atomic mass is 10.1. The number of ether oxygens (including phenoxy) is 1. The smallest absolute Gasteiger partial charge is 0.416 e. The highest BCUT2D eigenvalue weighted by molar-refractivity contribution is 6.30. The van der Waals surface area contributed by atoms with Gasteiger partial charge in [-0.15, -0.1) is 0 Å². The average molecular weight is 358 g/mol. The normalized spacial score (nSPS) is 12.5. The number of carbonyl (C=O) groups is 1. The van der Waals surface area contributed by atoms with Crippen LogP contribution < -0.4 is 10.1 Å². The van der Waals surface area contributed by atoms with Crippen LogP contribution in [0.25, 0.3) is 0 Å². The molecule has 0 aliphatic rings. The van der Waals surface area contributed by atoms with E-state index in [0.29, 0.717) is 16.3 Å². The van der Waals surface area contributed by atoms with Gasteiger partial charge in [0, 0.05) is 5.02 Å². The fourth-order valence-corrected chi connectivity index (χ4v) is 2.21. The third-order valence-corrected chi connectivity index (χ3v) is 3.52. The van der Waals surface area contributed by atoms with Crippen LogP contribution in [0.3, 0.4) is 0 Å². The lowest BCUT2D eigenvalue weighted by Gasteiger charge is -2.16. The molecule has 0 saturated heterocycles. The summed E-state index contributed by atoms with van der Waals surface area (Å²) in [4.78, 5) is 11.9. The summed E-state index contributed by atoms with van der Waals surface area (Å²) < 4.78 is 42.9. The summed E-state index contributed by atoms with van der Waals surface area (Å²) in [6, 6.07) is 10.8. The van der Waals surface area contributed by atoms with Crippen molar-refractivity contribution in [3.63, 3.8) is 0 Å². The third kappa shape index (κ3) is 5.16. The van der Waals surface area contributed by atoms with Gasteiger partial charge in [-0.1, -0.05) is 29.8 Å². The summed E-state index contributed by atoms with van der Waals surface area (Å²) in [5.74, 6) is 0.0715. The Morgan fingerprint density at radius 1 is 1.21 bits per heavy atom. The van der Waals surface area contributed by atoms with Crippen LogP contribution in [-0.4, -0.2) is 12.5 Å². The van der Waals surface area contributed by atoms with Crippen LogP contribution in [0.2, 0.25) is 5.02 Å². The van der Waals surface area contributed by atoms with E-state index in [1.54, 1.807) is 31.2 Å². The Kier molecular flexibility index (Phi) is 5.72. The minimum atomic E-state index is -4.38. The number of halogens is 4. The molecule has 0 aromatic heterocycles. The molecule has 0 fully saturated rings. The molecule has 7 heteroatoms. The Labute approximate surface area is 142 Å². The molecule has 128 valence electrons. The molecule has 0 aliphatic carbocycles. The number of nitrogens with one attached hydrogen (secondary N) is 1. The van der Waals surface area contributed by atoms with Gasteiger partial charge in [0.1, 0.15) is 5.75 Å². The van der Waals surface area contributed by atoms with Crippen LogP contribution in [0.5, 0.6) is 5.75 Å². The minimum absolute atomic E-state index is 0.217. The van der Waals surface area contributed by atoms with E-state index in [4.69, 9.17) is 16.3 Å². The zero-order valence-electron chi connectivity index (χ0n) is 12.7. The maximum absolute atomic E-state index is 12.5. The van der Waals surface area contributed by atoms with Gasteiger partial charge in [0.25, 0.3) is 5.91 Å².